The number of hydrogen-bond donors (Lipinski definition) is 3. The Morgan fingerprint density at radius 3 is 2.33 bits per heavy atom. The molecule has 0 aliphatic heterocycles. The van der Waals surface area contributed by atoms with Crippen LogP contribution in [0.5, 0.6) is 0 Å². The maximum Gasteiger partial charge on any atom is 0.416 e. The van der Waals surface area contributed by atoms with Crippen molar-refractivity contribution in [3.8, 4) is 0 Å². The molecule has 12 heteroatoms. The molecule has 220 valence electrons. The molecule has 0 bridgehead atoms. The molecule has 0 saturated carbocycles. The van der Waals surface area contributed by atoms with Crippen LogP contribution in [-0.4, -0.2) is 29.4 Å². The molecule has 0 aliphatic rings. The van der Waals surface area contributed by atoms with E-state index in [0.717, 1.165) is 12.1 Å². The number of ether oxygens (including phenoxy) is 1. The first-order chi connectivity index (χ1) is 19.9. The van der Waals surface area contributed by atoms with E-state index in [1.54, 1.807) is 60.9 Å². The molecule has 0 aliphatic carbocycles. The number of alkyl halides is 3. The summed E-state index contributed by atoms with van der Waals surface area (Å²) in [4.78, 5) is 38.1. The van der Waals surface area contributed by atoms with Crippen molar-refractivity contribution in [3.05, 3.63) is 94.1 Å². The molecule has 0 atom stereocenters. The Kier molecular flexibility index (Phi) is 9.23. The van der Waals surface area contributed by atoms with E-state index < -0.39 is 23.6 Å². The molecular weight excluding hydrogens is 573 g/mol. The summed E-state index contributed by atoms with van der Waals surface area (Å²) in [6, 6.07) is 15.8. The van der Waals surface area contributed by atoms with E-state index >= 15 is 0 Å². The van der Waals surface area contributed by atoms with Gasteiger partial charge in [-0.1, -0.05) is 37.6 Å². The van der Waals surface area contributed by atoms with Crippen LogP contribution < -0.4 is 16.0 Å². The number of aromatic nitrogens is 1. The standard InChI is InChI=1S/C30H28ClF3N4O4/c1-17(2)27(39)35-15-18-7-9-24(31)23(11-18)28(40)36-22-8-10-25-19(12-22)13-26(38(25)16-42-3)29(41)37-21-6-4-5-20(14-21)30(32,33)34/h4-14,17H,15-16H2,1-3H3,(H,35,39)(H,36,40)(H,37,41). The second-order valence-corrected chi connectivity index (χ2v) is 10.2. The first-order valence-electron chi connectivity index (χ1n) is 12.9. The maximum absolute atomic E-state index is 13.1. The Morgan fingerprint density at radius 1 is 0.929 bits per heavy atom. The van der Waals surface area contributed by atoms with Crippen molar-refractivity contribution < 1.29 is 32.3 Å². The van der Waals surface area contributed by atoms with Crippen LogP contribution in [0.4, 0.5) is 24.5 Å². The monoisotopic (exact) mass is 600 g/mol. The zero-order valence-electron chi connectivity index (χ0n) is 22.9. The highest BCUT2D eigenvalue weighted by Gasteiger charge is 2.30. The Hall–Kier alpha value is -4.35. The second kappa shape index (κ2) is 12.7. The van der Waals surface area contributed by atoms with E-state index in [0.29, 0.717) is 22.2 Å². The fourth-order valence-corrected chi connectivity index (χ4v) is 4.42. The number of halogens is 4. The molecule has 3 amide bonds. The number of carbonyl (C=O) groups is 3. The predicted molar refractivity (Wildman–Crippen MR) is 154 cm³/mol. The summed E-state index contributed by atoms with van der Waals surface area (Å²) in [5.41, 5.74) is 1.18. The molecule has 0 spiro atoms. The van der Waals surface area contributed by atoms with Gasteiger partial charge in [-0.05, 0) is 60.2 Å². The number of fused-ring (bicyclic) bond motifs is 1. The molecule has 8 nitrogen and oxygen atoms in total. The van der Waals surface area contributed by atoms with Crippen LogP contribution in [0.1, 0.15) is 45.8 Å². The van der Waals surface area contributed by atoms with E-state index in [1.807, 2.05) is 0 Å². The summed E-state index contributed by atoms with van der Waals surface area (Å²) < 4.78 is 46.2. The van der Waals surface area contributed by atoms with Crippen molar-refractivity contribution in [1.82, 2.24) is 9.88 Å². The third kappa shape index (κ3) is 7.10. The van der Waals surface area contributed by atoms with E-state index in [1.165, 1.54) is 19.2 Å². The van der Waals surface area contributed by atoms with Crippen LogP contribution in [0.25, 0.3) is 10.9 Å². The topological polar surface area (TPSA) is 101 Å². The number of benzene rings is 3. The van der Waals surface area contributed by atoms with Crippen LogP contribution in [0.2, 0.25) is 5.02 Å². The van der Waals surface area contributed by atoms with Gasteiger partial charge >= 0.3 is 6.18 Å². The molecule has 1 aromatic heterocycles. The number of nitrogens with one attached hydrogen (secondary N) is 3. The lowest BCUT2D eigenvalue weighted by Gasteiger charge is -2.12. The quantitative estimate of drug-likeness (QED) is 0.199. The third-order valence-corrected chi connectivity index (χ3v) is 6.69. The van der Waals surface area contributed by atoms with Gasteiger partial charge in [0.1, 0.15) is 12.4 Å². The SMILES string of the molecule is COCn1c(C(=O)Nc2cccc(C(F)(F)F)c2)cc2cc(NC(=O)c3cc(CNC(=O)C(C)C)ccc3Cl)ccc21. The number of amides is 3. The fraction of sp³-hybridized carbons (Fsp3) is 0.233. The van der Waals surface area contributed by atoms with Crippen molar-refractivity contribution in [2.75, 3.05) is 17.7 Å². The Morgan fingerprint density at radius 2 is 1.64 bits per heavy atom. The number of carbonyl (C=O) groups excluding carboxylic acids is 3. The average Bonchev–Trinajstić information content (AvgIpc) is 3.29. The smallest absolute Gasteiger partial charge is 0.364 e. The van der Waals surface area contributed by atoms with Crippen molar-refractivity contribution in [3.63, 3.8) is 0 Å². The highest BCUT2D eigenvalue weighted by Crippen LogP contribution is 2.31. The Balaban J connectivity index is 1.56. The summed E-state index contributed by atoms with van der Waals surface area (Å²) in [6.07, 6.45) is -4.55. The van der Waals surface area contributed by atoms with Gasteiger partial charge < -0.3 is 25.3 Å². The summed E-state index contributed by atoms with van der Waals surface area (Å²) in [5.74, 6) is -1.41. The van der Waals surface area contributed by atoms with Gasteiger partial charge in [-0.25, -0.2) is 0 Å². The van der Waals surface area contributed by atoms with Gasteiger partial charge in [0.2, 0.25) is 5.91 Å². The molecule has 0 unspecified atom stereocenters. The Bertz CT molecular complexity index is 1650. The Labute approximate surface area is 244 Å². The molecule has 0 fully saturated rings. The first-order valence-corrected chi connectivity index (χ1v) is 13.2. The zero-order chi connectivity index (χ0) is 30.6. The minimum absolute atomic E-state index is 0.00367. The van der Waals surface area contributed by atoms with Crippen LogP contribution >= 0.6 is 11.6 Å². The van der Waals surface area contributed by atoms with Gasteiger partial charge in [0, 0.05) is 36.3 Å². The summed E-state index contributed by atoms with van der Waals surface area (Å²) in [5, 5.41) is 8.91. The van der Waals surface area contributed by atoms with Crippen LogP contribution in [0.3, 0.4) is 0 Å². The molecule has 1 heterocycles. The number of rotatable bonds is 9. The predicted octanol–water partition coefficient (Wildman–Crippen LogP) is 6.69. The van der Waals surface area contributed by atoms with Gasteiger partial charge in [0.05, 0.1) is 21.7 Å². The largest absolute Gasteiger partial charge is 0.416 e. The fourth-order valence-electron chi connectivity index (χ4n) is 4.22. The third-order valence-electron chi connectivity index (χ3n) is 6.36. The van der Waals surface area contributed by atoms with Crippen molar-refractivity contribution in [1.29, 1.82) is 0 Å². The molecule has 42 heavy (non-hydrogen) atoms. The van der Waals surface area contributed by atoms with Crippen molar-refractivity contribution >= 4 is 51.6 Å². The van der Waals surface area contributed by atoms with E-state index in [9.17, 15) is 27.6 Å². The molecule has 4 rings (SSSR count). The van der Waals surface area contributed by atoms with Gasteiger partial charge in [0.15, 0.2) is 0 Å². The molecule has 3 N–H and O–H groups in total. The molecule has 0 radical (unpaired) electrons. The summed E-state index contributed by atoms with van der Waals surface area (Å²) in [7, 11) is 1.45. The number of methoxy groups -OCH3 is 1. The normalized spacial score (nSPS) is 11.5. The van der Waals surface area contributed by atoms with Crippen LogP contribution in [0.15, 0.2) is 66.7 Å². The van der Waals surface area contributed by atoms with Gasteiger partial charge in [0.25, 0.3) is 11.8 Å². The lowest BCUT2D eigenvalue weighted by molar-refractivity contribution is -0.137. The molecule has 0 saturated heterocycles. The zero-order valence-corrected chi connectivity index (χ0v) is 23.7. The van der Waals surface area contributed by atoms with Gasteiger partial charge in [-0.2, -0.15) is 13.2 Å². The molecule has 3 aromatic carbocycles. The van der Waals surface area contributed by atoms with Crippen molar-refractivity contribution in [2.24, 2.45) is 5.92 Å². The van der Waals surface area contributed by atoms with Crippen LogP contribution in [-0.2, 0) is 29.0 Å². The summed E-state index contributed by atoms with van der Waals surface area (Å²) in [6.45, 7) is 3.79. The van der Waals surface area contributed by atoms with Crippen molar-refractivity contribution in [2.45, 2.75) is 33.3 Å². The maximum atomic E-state index is 13.1. The second-order valence-electron chi connectivity index (χ2n) is 9.82. The summed E-state index contributed by atoms with van der Waals surface area (Å²) >= 11 is 6.29. The minimum atomic E-state index is -4.55. The number of hydrogen-bond acceptors (Lipinski definition) is 4. The lowest BCUT2D eigenvalue weighted by Crippen LogP contribution is -2.27. The van der Waals surface area contributed by atoms with Gasteiger partial charge in [-0.15, -0.1) is 0 Å². The van der Waals surface area contributed by atoms with E-state index in [2.05, 4.69) is 16.0 Å². The highest BCUT2D eigenvalue weighted by molar-refractivity contribution is 6.34. The number of nitrogens with zero attached hydrogens (tertiary/aromatic N) is 1. The minimum Gasteiger partial charge on any atom is -0.364 e. The molecular formula is C30H28ClF3N4O4. The van der Waals surface area contributed by atoms with Gasteiger partial charge in [-0.3, -0.25) is 14.4 Å². The molecule has 4 aromatic rings. The average molecular weight is 601 g/mol. The first kappa shape index (κ1) is 30.6. The highest BCUT2D eigenvalue weighted by atomic mass is 35.5. The van der Waals surface area contributed by atoms with E-state index in [-0.39, 0.29) is 47.1 Å². The van der Waals surface area contributed by atoms with Crippen LogP contribution in [0, 0.1) is 5.92 Å². The lowest BCUT2D eigenvalue weighted by atomic mass is 10.1. The number of anilines is 2. The van der Waals surface area contributed by atoms with E-state index in [4.69, 9.17) is 16.3 Å².